The minimum atomic E-state index is 0.150. The van der Waals surface area contributed by atoms with Crippen LogP contribution in [0, 0.1) is 6.92 Å². The van der Waals surface area contributed by atoms with Crippen LogP contribution in [0.1, 0.15) is 23.2 Å². The molecule has 108 valence electrons. The number of hydrogen-bond acceptors (Lipinski definition) is 5. The first-order valence-corrected chi connectivity index (χ1v) is 6.64. The highest BCUT2D eigenvalue weighted by atomic mass is 16.3. The van der Waals surface area contributed by atoms with Crippen LogP contribution in [0.15, 0.2) is 34.9 Å². The number of likely N-dealkylation sites (N-methyl/N-ethyl adjacent to an activating group) is 1. The van der Waals surface area contributed by atoms with Crippen molar-refractivity contribution < 1.29 is 9.52 Å². The zero-order valence-corrected chi connectivity index (χ0v) is 12.1. The van der Waals surface area contributed by atoms with E-state index in [9.17, 15) is 5.11 Å². The first-order valence-electron chi connectivity index (χ1n) is 6.64. The van der Waals surface area contributed by atoms with Crippen molar-refractivity contribution >= 4 is 0 Å². The van der Waals surface area contributed by atoms with Crippen molar-refractivity contribution in [2.45, 2.75) is 19.5 Å². The van der Waals surface area contributed by atoms with Gasteiger partial charge in [0.1, 0.15) is 11.5 Å². The monoisotopic (exact) mass is 275 g/mol. The summed E-state index contributed by atoms with van der Waals surface area (Å²) in [5.74, 6) is 1.14. The first kappa shape index (κ1) is 14.6. The van der Waals surface area contributed by atoms with Crippen LogP contribution in [0.4, 0.5) is 0 Å². The molecular formula is C15H21N3O2. The maximum atomic E-state index is 9.76. The molecule has 0 bridgehead atoms. The van der Waals surface area contributed by atoms with Crippen molar-refractivity contribution in [1.29, 1.82) is 0 Å². The normalized spacial score (nSPS) is 12.8. The van der Waals surface area contributed by atoms with Gasteiger partial charge in [0, 0.05) is 18.8 Å². The first-order chi connectivity index (χ1) is 9.58. The van der Waals surface area contributed by atoms with E-state index in [1.54, 1.807) is 18.4 Å². The minimum absolute atomic E-state index is 0.150. The number of hydrogen-bond donors (Lipinski definition) is 2. The predicted molar refractivity (Wildman–Crippen MR) is 77.5 cm³/mol. The zero-order valence-electron chi connectivity index (χ0n) is 12.1. The van der Waals surface area contributed by atoms with Crippen LogP contribution in [-0.2, 0) is 6.54 Å². The Bertz CT molecular complexity index is 538. The number of nitrogens with zero attached hydrogens (tertiary/aromatic N) is 2. The van der Waals surface area contributed by atoms with Crippen LogP contribution in [0.2, 0.25) is 0 Å². The molecule has 0 amide bonds. The number of rotatable bonds is 6. The van der Waals surface area contributed by atoms with Gasteiger partial charge in [0.05, 0.1) is 18.0 Å². The Kier molecular flexibility index (Phi) is 4.76. The maximum Gasteiger partial charge on any atom is 0.138 e. The molecule has 2 N–H and O–H groups in total. The molecule has 0 saturated heterocycles. The second-order valence-electron chi connectivity index (χ2n) is 5.04. The molecule has 2 heterocycles. The van der Waals surface area contributed by atoms with E-state index in [2.05, 4.69) is 15.2 Å². The van der Waals surface area contributed by atoms with E-state index in [1.165, 1.54) is 0 Å². The summed E-state index contributed by atoms with van der Waals surface area (Å²) in [5, 5.41) is 13.1. The van der Waals surface area contributed by atoms with Gasteiger partial charge in [0.2, 0.25) is 0 Å². The molecule has 0 aromatic carbocycles. The van der Waals surface area contributed by atoms with E-state index in [0.29, 0.717) is 12.2 Å². The average Bonchev–Trinajstić information content (AvgIpc) is 2.91. The van der Waals surface area contributed by atoms with Crippen LogP contribution in [0.25, 0.3) is 0 Å². The lowest BCUT2D eigenvalue weighted by Crippen LogP contribution is -2.30. The van der Waals surface area contributed by atoms with Crippen LogP contribution >= 0.6 is 0 Å². The molecule has 0 aliphatic carbocycles. The van der Waals surface area contributed by atoms with Crippen LogP contribution in [0.5, 0.6) is 5.75 Å². The van der Waals surface area contributed by atoms with Crippen molar-refractivity contribution in [2.24, 2.45) is 0 Å². The molecule has 1 atom stereocenters. The van der Waals surface area contributed by atoms with Gasteiger partial charge in [-0.2, -0.15) is 0 Å². The Morgan fingerprint density at radius 2 is 2.15 bits per heavy atom. The van der Waals surface area contributed by atoms with Crippen molar-refractivity contribution in [2.75, 3.05) is 20.6 Å². The van der Waals surface area contributed by atoms with Gasteiger partial charge >= 0.3 is 0 Å². The van der Waals surface area contributed by atoms with Crippen molar-refractivity contribution in [1.82, 2.24) is 15.2 Å². The maximum absolute atomic E-state index is 9.76. The Balaban J connectivity index is 1.95. The average molecular weight is 275 g/mol. The van der Waals surface area contributed by atoms with Crippen molar-refractivity contribution in [3.8, 4) is 5.75 Å². The molecule has 0 saturated carbocycles. The molecule has 1 unspecified atom stereocenters. The van der Waals surface area contributed by atoms with E-state index >= 15 is 0 Å². The summed E-state index contributed by atoms with van der Waals surface area (Å²) >= 11 is 0. The number of furan rings is 1. The third-order valence-electron chi connectivity index (χ3n) is 3.21. The summed E-state index contributed by atoms with van der Waals surface area (Å²) < 4.78 is 5.46. The molecule has 0 spiro atoms. The van der Waals surface area contributed by atoms with Crippen molar-refractivity contribution in [3.05, 3.63) is 47.7 Å². The minimum Gasteiger partial charge on any atom is -0.506 e. The Hall–Kier alpha value is -1.85. The lowest BCUT2D eigenvalue weighted by atomic mass is 10.2. The highest BCUT2D eigenvalue weighted by Gasteiger charge is 2.16. The Morgan fingerprint density at radius 3 is 2.80 bits per heavy atom. The molecule has 5 heteroatoms. The third-order valence-corrected chi connectivity index (χ3v) is 3.21. The molecule has 0 radical (unpaired) electrons. The number of pyridine rings is 1. The summed E-state index contributed by atoms with van der Waals surface area (Å²) in [4.78, 5) is 6.42. The third kappa shape index (κ3) is 3.59. The van der Waals surface area contributed by atoms with Crippen LogP contribution < -0.4 is 5.32 Å². The Morgan fingerprint density at radius 1 is 1.35 bits per heavy atom. The number of aromatic hydroxyl groups is 1. The van der Waals surface area contributed by atoms with E-state index in [1.807, 2.05) is 33.2 Å². The van der Waals surface area contributed by atoms with Crippen LogP contribution in [-0.4, -0.2) is 35.6 Å². The lowest BCUT2D eigenvalue weighted by Gasteiger charge is -2.22. The summed E-state index contributed by atoms with van der Waals surface area (Å²) in [6.45, 7) is 3.16. The summed E-state index contributed by atoms with van der Waals surface area (Å²) in [7, 11) is 4.02. The molecule has 0 fully saturated rings. The quantitative estimate of drug-likeness (QED) is 0.845. The fraction of sp³-hybridized carbons (Fsp3) is 0.400. The number of nitrogens with one attached hydrogen (secondary N) is 1. The van der Waals surface area contributed by atoms with Gasteiger partial charge in [-0.25, -0.2) is 0 Å². The fourth-order valence-electron chi connectivity index (χ4n) is 2.08. The van der Waals surface area contributed by atoms with Gasteiger partial charge in [0.25, 0.3) is 0 Å². The van der Waals surface area contributed by atoms with Gasteiger partial charge in [-0.1, -0.05) is 0 Å². The van der Waals surface area contributed by atoms with Crippen LogP contribution in [0.3, 0.4) is 0 Å². The number of aromatic nitrogens is 1. The van der Waals surface area contributed by atoms with Gasteiger partial charge in [-0.15, -0.1) is 0 Å². The Labute approximate surface area is 119 Å². The summed E-state index contributed by atoms with van der Waals surface area (Å²) in [5.41, 5.74) is 1.57. The molecule has 0 aliphatic heterocycles. The largest absolute Gasteiger partial charge is 0.506 e. The summed E-state index contributed by atoms with van der Waals surface area (Å²) in [6, 6.07) is 7.48. The lowest BCUT2D eigenvalue weighted by molar-refractivity contribution is 0.249. The van der Waals surface area contributed by atoms with Gasteiger partial charge in [-0.3, -0.25) is 9.88 Å². The molecule has 2 rings (SSSR count). The molecule has 2 aromatic heterocycles. The molecule has 5 nitrogen and oxygen atoms in total. The van der Waals surface area contributed by atoms with E-state index in [4.69, 9.17) is 4.42 Å². The zero-order chi connectivity index (χ0) is 14.5. The molecule has 0 aliphatic rings. The number of aryl methyl sites for hydroxylation is 1. The van der Waals surface area contributed by atoms with E-state index in [0.717, 1.165) is 18.0 Å². The van der Waals surface area contributed by atoms with Crippen molar-refractivity contribution in [3.63, 3.8) is 0 Å². The summed E-state index contributed by atoms with van der Waals surface area (Å²) in [6.07, 6.45) is 1.68. The highest BCUT2D eigenvalue weighted by Crippen LogP contribution is 2.18. The molecular weight excluding hydrogens is 254 g/mol. The smallest absolute Gasteiger partial charge is 0.138 e. The molecule has 20 heavy (non-hydrogen) atoms. The van der Waals surface area contributed by atoms with E-state index in [-0.39, 0.29) is 11.8 Å². The second kappa shape index (κ2) is 6.54. The fourth-order valence-corrected chi connectivity index (χ4v) is 2.08. The highest BCUT2D eigenvalue weighted by molar-refractivity contribution is 5.27. The topological polar surface area (TPSA) is 61.5 Å². The van der Waals surface area contributed by atoms with Gasteiger partial charge in [-0.05, 0) is 45.3 Å². The second-order valence-corrected chi connectivity index (χ2v) is 5.04. The standard InChI is InChI=1S/C15H21N3O2/c1-11-6-7-14(19)12(17-11)9-16-10-13(18(2)3)15-5-4-8-20-15/h4-8,13,16,19H,9-10H2,1-3H3. The predicted octanol–water partition coefficient (Wildman–Crippen LogP) is 2.08. The SMILES string of the molecule is Cc1ccc(O)c(CNCC(c2ccco2)N(C)C)n1. The molecule has 2 aromatic rings. The van der Waals surface area contributed by atoms with E-state index < -0.39 is 0 Å². The van der Waals surface area contributed by atoms with Gasteiger partial charge < -0.3 is 14.8 Å². The van der Waals surface area contributed by atoms with Gasteiger partial charge in [0.15, 0.2) is 0 Å².